The molecule has 15 heavy (non-hydrogen) atoms. The molecule has 88 valence electrons. The van der Waals surface area contributed by atoms with Gasteiger partial charge in [0.25, 0.3) is 0 Å². The van der Waals surface area contributed by atoms with Gasteiger partial charge in [-0.2, -0.15) is 0 Å². The van der Waals surface area contributed by atoms with Gasteiger partial charge in [-0.3, -0.25) is 9.59 Å². The van der Waals surface area contributed by atoms with E-state index in [0.29, 0.717) is 25.4 Å². The van der Waals surface area contributed by atoms with E-state index >= 15 is 0 Å². The number of hydrogen-bond acceptors (Lipinski definition) is 2. The molecule has 0 aromatic rings. The van der Waals surface area contributed by atoms with Gasteiger partial charge in [0, 0.05) is 19.5 Å². The first-order chi connectivity index (χ1) is 6.97. The quantitative estimate of drug-likeness (QED) is 0.703. The lowest BCUT2D eigenvalue weighted by atomic mass is 10.2. The van der Waals surface area contributed by atoms with Crippen LogP contribution in [0.5, 0.6) is 0 Å². The summed E-state index contributed by atoms with van der Waals surface area (Å²) in [6.45, 7) is 6.96. The molecule has 0 aliphatic heterocycles. The minimum Gasteiger partial charge on any atom is -0.481 e. The maximum Gasteiger partial charge on any atom is 0.305 e. The number of hydrogen-bond donors (Lipinski definition) is 1. The van der Waals surface area contributed by atoms with Crippen molar-refractivity contribution in [1.29, 1.82) is 0 Å². The average Bonchev–Trinajstić information content (AvgIpc) is 2.11. The van der Waals surface area contributed by atoms with Crippen molar-refractivity contribution in [2.24, 2.45) is 5.92 Å². The molecular weight excluding hydrogens is 194 g/mol. The molecule has 0 aromatic carbocycles. The molecule has 0 unspecified atom stereocenters. The van der Waals surface area contributed by atoms with Crippen molar-refractivity contribution < 1.29 is 14.7 Å². The lowest BCUT2D eigenvalue weighted by Crippen LogP contribution is -2.35. The molecule has 0 fully saturated rings. The van der Waals surface area contributed by atoms with Crippen molar-refractivity contribution in [3.63, 3.8) is 0 Å². The topological polar surface area (TPSA) is 57.6 Å². The zero-order chi connectivity index (χ0) is 11.8. The van der Waals surface area contributed by atoms with Gasteiger partial charge in [0.05, 0.1) is 6.42 Å². The number of nitrogens with zero attached hydrogens (tertiary/aromatic N) is 1. The summed E-state index contributed by atoms with van der Waals surface area (Å²) in [7, 11) is 0. The van der Waals surface area contributed by atoms with Gasteiger partial charge >= 0.3 is 5.97 Å². The summed E-state index contributed by atoms with van der Waals surface area (Å²) in [5.74, 6) is -0.417. The molecule has 4 heteroatoms. The summed E-state index contributed by atoms with van der Waals surface area (Å²) >= 11 is 0. The second-order valence-electron chi connectivity index (χ2n) is 4.13. The van der Waals surface area contributed by atoms with Crippen molar-refractivity contribution in [3.8, 4) is 0 Å². The summed E-state index contributed by atoms with van der Waals surface area (Å²) in [6.07, 6.45) is 1.34. The Morgan fingerprint density at radius 2 is 1.87 bits per heavy atom. The standard InChI is InChI=1S/C11H21NO3/c1-4-5-10(13)12(8-9(2)3)7-6-11(14)15/h9H,4-8H2,1-3H3,(H,14,15). The van der Waals surface area contributed by atoms with E-state index in [9.17, 15) is 9.59 Å². The summed E-state index contributed by atoms with van der Waals surface area (Å²) < 4.78 is 0. The highest BCUT2D eigenvalue weighted by atomic mass is 16.4. The van der Waals surface area contributed by atoms with E-state index in [-0.39, 0.29) is 12.3 Å². The van der Waals surface area contributed by atoms with Crippen LogP contribution in [0.4, 0.5) is 0 Å². The molecule has 0 rings (SSSR count). The highest BCUT2D eigenvalue weighted by molar-refractivity contribution is 5.77. The fraction of sp³-hybridized carbons (Fsp3) is 0.818. The third-order valence-electron chi connectivity index (χ3n) is 2.00. The molecule has 1 amide bonds. The first-order valence-corrected chi connectivity index (χ1v) is 5.47. The van der Waals surface area contributed by atoms with E-state index in [1.54, 1.807) is 4.90 Å². The number of carbonyl (C=O) groups is 2. The number of carbonyl (C=O) groups excluding carboxylic acids is 1. The Balaban J connectivity index is 4.16. The monoisotopic (exact) mass is 215 g/mol. The molecule has 0 spiro atoms. The van der Waals surface area contributed by atoms with Gasteiger partial charge < -0.3 is 10.0 Å². The van der Waals surface area contributed by atoms with Crippen molar-refractivity contribution in [2.45, 2.75) is 40.0 Å². The number of aliphatic carboxylic acids is 1. The van der Waals surface area contributed by atoms with Crippen molar-refractivity contribution in [3.05, 3.63) is 0 Å². The average molecular weight is 215 g/mol. The highest BCUT2D eigenvalue weighted by Gasteiger charge is 2.14. The minimum absolute atomic E-state index is 0.0299. The number of carboxylic acid groups (broad SMARTS) is 1. The van der Waals surface area contributed by atoms with Crippen LogP contribution in [0.15, 0.2) is 0 Å². The van der Waals surface area contributed by atoms with Gasteiger partial charge in [-0.1, -0.05) is 20.8 Å². The Kier molecular flexibility index (Phi) is 6.75. The molecule has 0 aromatic heterocycles. The maximum atomic E-state index is 11.6. The summed E-state index contributed by atoms with van der Waals surface area (Å²) in [6, 6.07) is 0. The molecule has 0 aliphatic carbocycles. The van der Waals surface area contributed by atoms with Gasteiger partial charge in [0.2, 0.25) is 5.91 Å². The molecular formula is C11H21NO3. The second kappa shape index (κ2) is 7.26. The zero-order valence-electron chi connectivity index (χ0n) is 9.82. The summed E-state index contributed by atoms with van der Waals surface area (Å²) in [4.78, 5) is 23.7. The van der Waals surface area contributed by atoms with E-state index in [4.69, 9.17) is 5.11 Å². The molecule has 1 N–H and O–H groups in total. The lowest BCUT2D eigenvalue weighted by Gasteiger charge is -2.23. The van der Waals surface area contributed by atoms with Gasteiger partial charge in [-0.15, -0.1) is 0 Å². The third kappa shape index (κ3) is 6.94. The Morgan fingerprint density at radius 1 is 1.27 bits per heavy atom. The van der Waals surface area contributed by atoms with Crippen LogP contribution in [0, 0.1) is 5.92 Å². The van der Waals surface area contributed by atoms with Crippen LogP contribution in [0.2, 0.25) is 0 Å². The third-order valence-corrected chi connectivity index (χ3v) is 2.00. The molecule has 0 bridgehead atoms. The van der Waals surface area contributed by atoms with Crippen molar-refractivity contribution in [2.75, 3.05) is 13.1 Å². The van der Waals surface area contributed by atoms with Crippen LogP contribution in [0.25, 0.3) is 0 Å². The lowest BCUT2D eigenvalue weighted by molar-refractivity contribution is -0.138. The number of carboxylic acids is 1. The molecule has 4 nitrogen and oxygen atoms in total. The molecule has 0 aliphatic rings. The van der Waals surface area contributed by atoms with E-state index < -0.39 is 5.97 Å². The van der Waals surface area contributed by atoms with Crippen molar-refractivity contribution >= 4 is 11.9 Å². The first kappa shape index (κ1) is 13.9. The number of rotatable bonds is 7. The highest BCUT2D eigenvalue weighted by Crippen LogP contribution is 2.04. The first-order valence-electron chi connectivity index (χ1n) is 5.47. The van der Waals surface area contributed by atoms with Crippen LogP contribution in [-0.4, -0.2) is 35.0 Å². The zero-order valence-corrected chi connectivity index (χ0v) is 9.82. The van der Waals surface area contributed by atoms with E-state index in [1.165, 1.54) is 0 Å². The summed E-state index contributed by atoms with van der Waals surface area (Å²) in [5, 5.41) is 8.57. The van der Waals surface area contributed by atoms with Gasteiger partial charge in [0.1, 0.15) is 0 Å². The van der Waals surface area contributed by atoms with Crippen LogP contribution in [-0.2, 0) is 9.59 Å². The van der Waals surface area contributed by atoms with Crippen LogP contribution >= 0.6 is 0 Å². The smallest absolute Gasteiger partial charge is 0.305 e. The fourth-order valence-electron chi connectivity index (χ4n) is 1.36. The van der Waals surface area contributed by atoms with E-state index in [2.05, 4.69) is 0 Å². The predicted molar refractivity (Wildman–Crippen MR) is 58.6 cm³/mol. The van der Waals surface area contributed by atoms with Gasteiger partial charge in [0.15, 0.2) is 0 Å². The normalized spacial score (nSPS) is 10.4. The van der Waals surface area contributed by atoms with Crippen LogP contribution in [0.3, 0.4) is 0 Å². The molecule has 0 heterocycles. The molecule has 0 saturated heterocycles. The Hall–Kier alpha value is -1.06. The molecule has 0 radical (unpaired) electrons. The largest absolute Gasteiger partial charge is 0.481 e. The molecule has 0 atom stereocenters. The SMILES string of the molecule is CCCC(=O)N(CCC(=O)O)CC(C)C. The second-order valence-corrected chi connectivity index (χ2v) is 4.13. The maximum absolute atomic E-state index is 11.6. The van der Waals surface area contributed by atoms with Crippen LogP contribution in [0.1, 0.15) is 40.0 Å². The van der Waals surface area contributed by atoms with E-state index in [1.807, 2.05) is 20.8 Å². The minimum atomic E-state index is -0.854. The predicted octanol–water partition coefficient (Wildman–Crippen LogP) is 1.75. The van der Waals surface area contributed by atoms with Gasteiger partial charge in [-0.05, 0) is 12.3 Å². The van der Waals surface area contributed by atoms with Crippen molar-refractivity contribution in [1.82, 2.24) is 4.90 Å². The Morgan fingerprint density at radius 3 is 2.27 bits per heavy atom. The van der Waals surface area contributed by atoms with E-state index in [0.717, 1.165) is 6.42 Å². The fourth-order valence-corrected chi connectivity index (χ4v) is 1.36. The van der Waals surface area contributed by atoms with Crippen LogP contribution < -0.4 is 0 Å². The van der Waals surface area contributed by atoms with Gasteiger partial charge in [-0.25, -0.2) is 0 Å². The number of amides is 1. The summed E-state index contributed by atoms with van der Waals surface area (Å²) in [5.41, 5.74) is 0. The Bertz CT molecular complexity index is 214. The Labute approximate surface area is 91.3 Å². The molecule has 0 saturated carbocycles.